The van der Waals surface area contributed by atoms with Gasteiger partial charge in [-0.15, -0.1) is 0 Å². The number of benzene rings is 1. The van der Waals surface area contributed by atoms with Gasteiger partial charge in [0.25, 0.3) is 0 Å². The number of rotatable bonds is 4. The van der Waals surface area contributed by atoms with E-state index in [4.69, 9.17) is 36.1 Å². The third-order valence-corrected chi connectivity index (χ3v) is 5.56. The summed E-state index contributed by atoms with van der Waals surface area (Å²) in [5.74, 6) is -5.60. The smallest absolute Gasteiger partial charge is 0.475 e. The fourth-order valence-corrected chi connectivity index (χ4v) is 3.79. The van der Waals surface area contributed by atoms with E-state index in [1.165, 1.54) is 5.56 Å². The van der Waals surface area contributed by atoms with Crippen LogP contribution in [0.5, 0.6) is 0 Å². The van der Waals surface area contributed by atoms with Crippen LogP contribution >= 0.6 is 11.6 Å². The number of amides is 1. The zero-order chi connectivity index (χ0) is 29.4. The van der Waals surface area contributed by atoms with Gasteiger partial charge in [0.05, 0.1) is 30.0 Å². The number of nitrogens with one attached hydrogen (secondary N) is 1. The third-order valence-electron chi connectivity index (χ3n) is 5.30. The van der Waals surface area contributed by atoms with E-state index in [1.54, 1.807) is 12.4 Å². The number of ether oxygens (including phenoxy) is 1. The van der Waals surface area contributed by atoms with E-state index in [-0.39, 0.29) is 24.0 Å². The van der Waals surface area contributed by atoms with Crippen LogP contribution in [0.25, 0.3) is 0 Å². The van der Waals surface area contributed by atoms with Crippen LogP contribution in [0.15, 0.2) is 48.8 Å². The lowest BCUT2D eigenvalue weighted by molar-refractivity contribution is -0.193. The van der Waals surface area contributed by atoms with E-state index < -0.39 is 24.3 Å². The highest BCUT2D eigenvalue weighted by Crippen LogP contribution is 2.33. The SMILES string of the molecule is O=C(Nc1cccnc1)C1CC2CN(Cc3ccc(Cl)cc3)CC1O2.O=C(O)C(F)(F)F.O=C(O)C(F)(F)F. The van der Waals surface area contributed by atoms with Gasteiger partial charge in [0.2, 0.25) is 5.91 Å². The molecule has 1 aromatic carbocycles. The molecule has 0 radical (unpaired) electrons. The maximum Gasteiger partial charge on any atom is 0.490 e. The Labute approximate surface area is 222 Å². The average Bonchev–Trinajstić information content (AvgIpc) is 3.14. The van der Waals surface area contributed by atoms with E-state index >= 15 is 0 Å². The summed E-state index contributed by atoms with van der Waals surface area (Å²) in [6, 6.07) is 11.6. The van der Waals surface area contributed by atoms with Crippen molar-refractivity contribution < 1.29 is 55.7 Å². The third kappa shape index (κ3) is 10.7. The molecule has 1 aromatic heterocycles. The second kappa shape index (κ2) is 13.6. The summed E-state index contributed by atoms with van der Waals surface area (Å²) in [6.45, 7) is 2.48. The number of likely N-dealkylation sites (tertiary alicyclic amines) is 1. The molecule has 1 amide bonds. The van der Waals surface area contributed by atoms with Gasteiger partial charge in [0.1, 0.15) is 0 Å². The summed E-state index contributed by atoms with van der Waals surface area (Å²) < 4.78 is 69.5. The van der Waals surface area contributed by atoms with Gasteiger partial charge in [-0.05, 0) is 36.2 Å². The number of aromatic nitrogens is 1. The first-order valence-corrected chi connectivity index (χ1v) is 11.4. The predicted molar refractivity (Wildman–Crippen MR) is 124 cm³/mol. The second-order valence-electron chi connectivity index (χ2n) is 8.30. The zero-order valence-electron chi connectivity index (χ0n) is 19.7. The number of carboxylic acids is 2. The van der Waals surface area contributed by atoms with Crippen molar-refractivity contribution in [3.8, 4) is 0 Å². The Morgan fingerprint density at radius 3 is 2.05 bits per heavy atom. The maximum atomic E-state index is 12.6. The van der Waals surface area contributed by atoms with Crippen LogP contribution < -0.4 is 5.32 Å². The molecule has 3 heterocycles. The van der Waals surface area contributed by atoms with Gasteiger partial charge in [-0.3, -0.25) is 14.7 Å². The fourth-order valence-electron chi connectivity index (χ4n) is 3.66. The maximum absolute atomic E-state index is 12.6. The van der Waals surface area contributed by atoms with Crippen LogP contribution in [0.2, 0.25) is 5.02 Å². The van der Waals surface area contributed by atoms with Crippen LogP contribution in [0.1, 0.15) is 12.0 Å². The van der Waals surface area contributed by atoms with E-state index in [0.29, 0.717) is 0 Å². The molecule has 3 unspecified atom stereocenters. The molecule has 4 rings (SSSR count). The number of aliphatic carboxylic acids is 2. The van der Waals surface area contributed by atoms with Crippen molar-refractivity contribution in [2.24, 2.45) is 5.92 Å². The fraction of sp³-hybridized carbons (Fsp3) is 0.391. The topological polar surface area (TPSA) is 129 Å². The normalized spacial score (nSPS) is 20.5. The molecule has 2 aromatic rings. The van der Waals surface area contributed by atoms with Gasteiger partial charge in [-0.2, -0.15) is 26.3 Å². The van der Waals surface area contributed by atoms with Gasteiger partial charge in [0, 0.05) is 30.9 Å². The molecule has 3 N–H and O–H groups in total. The first-order chi connectivity index (χ1) is 18.1. The summed E-state index contributed by atoms with van der Waals surface area (Å²) in [7, 11) is 0. The van der Waals surface area contributed by atoms with E-state index in [9.17, 15) is 31.1 Å². The van der Waals surface area contributed by atoms with Crippen molar-refractivity contribution in [2.45, 2.75) is 37.5 Å². The largest absolute Gasteiger partial charge is 0.490 e. The van der Waals surface area contributed by atoms with E-state index in [1.807, 2.05) is 36.4 Å². The molecule has 16 heteroatoms. The van der Waals surface area contributed by atoms with Crippen LogP contribution in [0.3, 0.4) is 0 Å². The van der Waals surface area contributed by atoms with Crippen molar-refractivity contribution in [3.05, 3.63) is 59.4 Å². The molecule has 3 atom stereocenters. The van der Waals surface area contributed by atoms with Gasteiger partial charge >= 0.3 is 24.3 Å². The lowest BCUT2D eigenvalue weighted by Crippen LogP contribution is -2.44. The molecule has 0 saturated carbocycles. The minimum absolute atomic E-state index is 0.0221. The second-order valence-corrected chi connectivity index (χ2v) is 8.73. The van der Waals surface area contributed by atoms with E-state index in [2.05, 4.69) is 15.2 Å². The average molecular weight is 586 g/mol. The minimum Gasteiger partial charge on any atom is -0.475 e. The lowest BCUT2D eigenvalue weighted by Gasteiger charge is -2.32. The van der Waals surface area contributed by atoms with Crippen molar-refractivity contribution in [2.75, 3.05) is 18.4 Å². The molecule has 39 heavy (non-hydrogen) atoms. The highest BCUT2D eigenvalue weighted by Gasteiger charge is 2.44. The quantitative estimate of drug-likeness (QED) is 0.455. The number of hydrogen-bond acceptors (Lipinski definition) is 6. The number of halogens is 7. The number of alkyl halides is 6. The Kier molecular flexibility index (Phi) is 11.1. The molecule has 0 aliphatic carbocycles. The summed E-state index contributed by atoms with van der Waals surface area (Å²) in [5.41, 5.74) is 1.95. The van der Waals surface area contributed by atoms with Gasteiger partial charge in [0.15, 0.2) is 0 Å². The minimum atomic E-state index is -5.08. The van der Waals surface area contributed by atoms with E-state index in [0.717, 1.165) is 36.8 Å². The number of fused-ring (bicyclic) bond motifs is 2. The van der Waals surface area contributed by atoms with Crippen LogP contribution in [-0.4, -0.2) is 75.6 Å². The first kappa shape index (κ1) is 31.8. The van der Waals surface area contributed by atoms with Crippen molar-refractivity contribution in [1.82, 2.24) is 9.88 Å². The predicted octanol–water partition coefficient (Wildman–Crippen LogP) is 4.23. The molecule has 2 aliphatic rings. The number of carbonyl (C=O) groups excluding carboxylic acids is 1. The molecule has 2 saturated heterocycles. The molecule has 2 bridgehead atoms. The van der Waals surface area contributed by atoms with Crippen molar-refractivity contribution in [3.63, 3.8) is 0 Å². The Morgan fingerprint density at radius 1 is 1.00 bits per heavy atom. The number of carboxylic acid groups (broad SMARTS) is 2. The molecule has 9 nitrogen and oxygen atoms in total. The summed E-state index contributed by atoms with van der Waals surface area (Å²) in [4.78, 5) is 36.8. The summed E-state index contributed by atoms with van der Waals surface area (Å²) in [6.07, 6.45) is -5.98. The Hall–Kier alpha value is -3.43. The number of anilines is 1. The molecule has 214 valence electrons. The summed E-state index contributed by atoms with van der Waals surface area (Å²) in [5, 5.41) is 18.0. The first-order valence-electron chi connectivity index (χ1n) is 11.0. The Balaban J connectivity index is 0.000000317. The number of pyridine rings is 1. The molecule has 2 fully saturated rings. The van der Waals surface area contributed by atoms with Gasteiger partial charge in [-0.1, -0.05) is 23.7 Å². The lowest BCUT2D eigenvalue weighted by atomic mass is 9.99. The molecular formula is C23H22ClF6N3O6. The number of nitrogens with zero attached hydrogens (tertiary/aromatic N) is 2. The van der Waals surface area contributed by atoms with Crippen molar-refractivity contribution in [1.29, 1.82) is 0 Å². The molecule has 0 spiro atoms. The Morgan fingerprint density at radius 2 is 1.56 bits per heavy atom. The van der Waals surface area contributed by atoms with Crippen LogP contribution in [0.4, 0.5) is 32.0 Å². The number of morpholine rings is 1. The number of hydrogen-bond donors (Lipinski definition) is 3. The zero-order valence-corrected chi connectivity index (χ0v) is 20.5. The molecule has 2 aliphatic heterocycles. The van der Waals surface area contributed by atoms with Crippen LogP contribution in [0, 0.1) is 5.92 Å². The Bertz CT molecular complexity index is 1090. The highest BCUT2D eigenvalue weighted by molar-refractivity contribution is 6.30. The standard InChI is InChI=1S/C19H20ClN3O2.2C2HF3O2/c20-14-5-3-13(4-6-14)10-23-11-16-8-17(18(12-23)25-16)19(24)22-15-2-1-7-21-9-15;2*3-2(4,5)1(6)7/h1-7,9,16-18H,8,10-12H2,(H,22,24);2*(H,6,7). The molecular weight excluding hydrogens is 564 g/mol. The monoisotopic (exact) mass is 585 g/mol. The highest BCUT2D eigenvalue weighted by atomic mass is 35.5. The van der Waals surface area contributed by atoms with Crippen LogP contribution in [-0.2, 0) is 25.7 Å². The van der Waals surface area contributed by atoms with Crippen molar-refractivity contribution >= 4 is 35.1 Å². The van der Waals surface area contributed by atoms with Gasteiger partial charge < -0.3 is 20.3 Å². The van der Waals surface area contributed by atoms with Gasteiger partial charge in [-0.25, -0.2) is 9.59 Å². The number of carbonyl (C=O) groups is 3. The summed E-state index contributed by atoms with van der Waals surface area (Å²) >= 11 is 5.95.